The summed E-state index contributed by atoms with van der Waals surface area (Å²) in [7, 11) is 1.50. The van der Waals surface area contributed by atoms with Crippen molar-refractivity contribution in [1.82, 2.24) is 24.9 Å². The zero-order valence-corrected chi connectivity index (χ0v) is 20.4. The summed E-state index contributed by atoms with van der Waals surface area (Å²) in [5.41, 5.74) is 1.04. The Morgan fingerprint density at radius 3 is 2.50 bits per heavy atom. The molecule has 0 unspecified atom stereocenters. The molecule has 0 aliphatic carbocycles. The van der Waals surface area contributed by atoms with Crippen LogP contribution >= 0.6 is 0 Å². The largest absolute Gasteiger partial charge is 0.491 e. The quantitative estimate of drug-likeness (QED) is 0.338. The summed E-state index contributed by atoms with van der Waals surface area (Å²) in [6.45, 7) is 1.50. The molecule has 2 aromatic heterocycles. The lowest BCUT2D eigenvalue weighted by Crippen LogP contribution is -2.35. The lowest BCUT2D eigenvalue weighted by Gasteiger charge is -2.17. The molecule has 38 heavy (non-hydrogen) atoms. The summed E-state index contributed by atoms with van der Waals surface area (Å²) in [6, 6.07) is 14.4. The molecule has 2 N–H and O–H groups in total. The maximum absolute atomic E-state index is 13.5. The summed E-state index contributed by atoms with van der Waals surface area (Å²) in [4.78, 5) is 42.0. The Morgan fingerprint density at radius 2 is 1.82 bits per heavy atom. The first-order valence-corrected chi connectivity index (χ1v) is 11.5. The van der Waals surface area contributed by atoms with Crippen LogP contribution in [0.25, 0.3) is 10.9 Å². The number of ether oxygens (including phenoxy) is 1. The van der Waals surface area contributed by atoms with Gasteiger partial charge in [-0.05, 0) is 30.5 Å². The number of amides is 1. The minimum absolute atomic E-state index is 0.0581. The van der Waals surface area contributed by atoms with Crippen LogP contribution in [0.1, 0.15) is 16.8 Å². The van der Waals surface area contributed by atoms with Gasteiger partial charge in [-0.3, -0.25) is 9.59 Å². The molecule has 0 fully saturated rings. The van der Waals surface area contributed by atoms with Gasteiger partial charge in [-0.2, -0.15) is 32.7 Å². The van der Waals surface area contributed by atoms with Crippen LogP contribution in [-0.4, -0.2) is 51.2 Å². The number of nitrogens with one attached hydrogen (secondary N) is 2. The molecule has 0 aliphatic rings. The topological polar surface area (TPSA) is 120 Å². The highest BCUT2D eigenvalue weighted by molar-refractivity contribution is 5.83. The Kier molecular flexibility index (Phi) is 7.46. The van der Waals surface area contributed by atoms with Crippen LogP contribution in [0.15, 0.2) is 59.5 Å². The van der Waals surface area contributed by atoms with E-state index in [1.165, 1.54) is 20.2 Å². The molecule has 4 aromatic rings. The number of halogens is 3. The number of rotatable bonds is 8. The molecule has 0 aliphatic heterocycles. The van der Waals surface area contributed by atoms with Crippen molar-refractivity contribution in [2.45, 2.75) is 25.9 Å². The normalized spacial score (nSPS) is 11.4. The fraction of sp³-hybridized carbons (Fsp3) is 0.240. The average Bonchev–Trinajstić information content (AvgIpc) is 3.29. The Labute approximate surface area is 214 Å². The number of benzene rings is 2. The first-order valence-electron chi connectivity index (χ1n) is 11.5. The van der Waals surface area contributed by atoms with Gasteiger partial charge in [-0.15, -0.1) is 0 Å². The number of carbonyl (C=O) groups is 2. The Balaban J connectivity index is 1.79. The number of aromatic nitrogens is 4. The van der Waals surface area contributed by atoms with Crippen LogP contribution in [0, 0.1) is 6.92 Å². The highest BCUT2D eigenvalue weighted by Gasteiger charge is 2.42. The van der Waals surface area contributed by atoms with Gasteiger partial charge in [0.05, 0.1) is 18.1 Å². The number of fused-ring (bicyclic) bond motifs is 1. The van der Waals surface area contributed by atoms with Gasteiger partial charge in [0.25, 0.3) is 0 Å². The van der Waals surface area contributed by atoms with Gasteiger partial charge in [0.15, 0.2) is 5.82 Å². The van der Waals surface area contributed by atoms with Gasteiger partial charge in [0, 0.05) is 19.0 Å². The standard InChI is InChI=1S/C25H23F3N6O4/c1-15-22(38-24(37)25(26,27)28)32-21(30-11-10-16-6-4-3-5-7-16)23(36)33(15)34-19-12-17(13-20(35)29-2)8-9-18(19)14-31-34/h3-9,12,14H,10-11,13H2,1-2H3,(H,29,35)(H,30,32). The molecule has 0 saturated heterocycles. The molecule has 0 saturated carbocycles. The predicted octanol–water partition coefficient (Wildman–Crippen LogP) is 2.62. The molecule has 0 radical (unpaired) electrons. The molecule has 2 heterocycles. The third-order valence-corrected chi connectivity index (χ3v) is 5.65. The van der Waals surface area contributed by atoms with Crippen molar-refractivity contribution in [1.29, 1.82) is 0 Å². The minimum Gasteiger partial charge on any atom is -0.399 e. The highest BCUT2D eigenvalue weighted by atomic mass is 19.4. The van der Waals surface area contributed by atoms with E-state index in [2.05, 4.69) is 25.5 Å². The van der Waals surface area contributed by atoms with Crippen LogP contribution < -0.4 is 20.9 Å². The van der Waals surface area contributed by atoms with Crippen LogP contribution in [0.2, 0.25) is 0 Å². The smallest absolute Gasteiger partial charge is 0.399 e. The minimum atomic E-state index is -5.27. The zero-order valence-electron chi connectivity index (χ0n) is 20.4. The monoisotopic (exact) mass is 528 g/mol. The number of carbonyl (C=O) groups excluding carboxylic acids is 2. The average molecular weight is 528 g/mol. The summed E-state index contributed by atoms with van der Waals surface area (Å²) in [5, 5.41) is 10.2. The zero-order chi connectivity index (χ0) is 27.4. The molecule has 4 rings (SSSR count). The molecule has 0 bridgehead atoms. The lowest BCUT2D eigenvalue weighted by molar-refractivity contribution is -0.190. The second kappa shape index (κ2) is 10.7. The Morgan fingerprint density at radius 1 is 1.08 bits per heavy atom. The molecule has 2 aromatic carbocycles. The molecule has 13 heteroatoms. The number of likely N-dealkylation sites (N-methyl/N-ethyl adjacent to an activating group) is 1. The number of hydrogen-bond donors (Lipinski definition) is 2. The van der Waals surface area contributed by atoms with Gasteiger partial charge < -0.3 is 15.4 Å². The van der Waals surface area contributed by atoms with E-state index >= 15 is 0 Å². The van der Waals surface area contributed by atoms with Gasteiger partial charge in [0.1, 0.15) is 5.69 Å². The maximum Gasteiger partial charge on any atom is 0.491 e. The third-order valence-electron chi connectivity index (χ3n) is 5.65. The maximum atomic E-state index is 13.5. The second-order valence-corrected chi connectivity index (χ2v) is 8.29. The lowest BCUT2D eigenvalue weighted by atomic mass is 10.1. The van der Waals surface area contributed by atoms with Crippen LogP contribution in [0.5, 0.6) is 5.88 Å². The third kappa shape index (κ3) is 5.66. The van der Waals surface area contributed by atoms with E-state index in [-0.39, 0.29) is 30.4 Å². The van der Waals surface area contributed by atoms with Crippen molar-refractivity contribution in [3.63, 3.8) is 0 Å². The summed E-state index contributed by atoms with van der Waals surface area (Å²) in [6.07, 6.45) is -3.28. The fourth-order valence-electron chi connectivity index (χ4n) is 3.72. The number of alkyl halides is 3. The number of hydrogen-bond acceptors (Lipinski definition) is 7. The van der Waals surface area contributed by atoms with Gasteiger partial charge in [0.2, 0.25) is 11.8 Å². The molecule has 10 nitrogen and oxygen atoms in total. The van der Waals surface area contributed by atoms with Gasteiger partial charge >= 0.3 is 17.7 Å². The fourth-order valence-corrected chi connectivity index (χ4v) is 3.72. The van der Waals surface area contributed by atoms with Crippen LogP contribution in [-0.2, 0) is 22.4 Å². The Hall–Kier alpha value is -4.68. The molecule has 198 valence electrons. The number of anilines is 1. The van der Waals surface area contributed by atoms with Crippen molar-refractivity contribution in [3.05, 3.63) is 81.9 Å². The predicted molar refractivity (Wildman–Crippen MR) is 132 cm³/mol. The molecule has 0 spiro atoms. The van der Waals surface area contributed by atoms with E-state index in [1.807, 2.05) is 30.3 Å². The summed E-state index contributed by atoms with van der Waals surface area (Å²) < 4.78 is 44.4. The SMILES string of the molecule is CNC(=O)Cc1ccc2cnn(-n3c(C)c(OC(=O)C(F)(F)F)nc(NCCc4ccccc4)c3=O)c2c1. The Bertz CT molecular complexity index is 1550. The molecular formula is C25H23F3N6O4. The summed E-state index contributed by atoms with van der Waals surface area (Å²) >= 11 is 0. The number of nitrogens with zero attached hydrogens (tertiary/aromatic N) is 4. The van der Waals surface area contributed by atoms with E-state index in [1.54, 1.807) is 18.2 Å². The first-order chi connectivity index (χ1) is 18.1. The van der Waals surface area contributed by atoms with Gasteiger partial charge in [-0.25, -0.2) is 4.79 Å². The van der Waals surface area contributed by atoms with Gasteiger partial charge in [-0.1, -0.05) is 42.5 Å². The summed E-state index contributed by atoms with van der Waals surface area (Å²) in [5.74, 6) is -3.76. The highest BCUT2D eigenvalue weighted by Crippen LogP contribution is 2.23. The van der Waals surface area contributed by atoms with E-state index in [4.69, 9.17) is 0 Å². The van der Waals surface area contributed by atoms with Crippen LogP contribution in [0.4, 0.5) is 19.0 Å². The molecular weight excluding hydrogens is 505 g/mol. The van der Waals surface area contributed by atoms with Crippen molar-refractivity contribution in [2.75, 3.05) is 18.9 Å². The van der Waals surface area contributed by atoms with Crippen molar-refractivity contribution in [3.8, 4) is 5.88 Å². The van der Waals surface area contributed by atoms with Crippen LogP contribution in [0.3, 0.4) is 0 Å². The van der Waals surface area contributed by atoms with Crippen molar-refractivity contribution >= 4 is 28.6 Å². The number of esters is 1. The van der Waals surface area contributed by atoms with E-state index in [9.17, 15) is 27.6 Å². The molecule has 0 atom stereocenters. The first kappa shape index (κ1) is 26.4. The molecule has 1 amide bonds. The van der Waals surface area contributed by atoms with Crippen molar-refractivity contribution in [2.24, 2.45) is 0 Å². The van der Waals surface area contributed by atoms with E-state index < -0.39 is 23.6 Å². The van der Waals surface area contributed by atoms with E-state index in [0.29, 0.717) is 22.9 Å². The van der Waals surface area contributed by atoms with E-state index in [0.717, 1.165) is 15.0 Å². The second-order valence-electron chi connectivity index (χ2n) is 8.29. The van der Waals surface area contributed by atoms with Crippen molar-refractivity contribution < 1.29 is 27.5 Å².